The molecule has 0 spiro atoms. The van der Waals surface area contributed by atoms with Crippen LogP contribution in [0.3, 0.4) is 0 Å². The molecule has 0 saturated carbocycles. The normalized spacial score (nSPS) is 14.6. The summed E-state index contributed by atoms with van der Waals surface area (Å²) in [6, 6.07) is 6.44. The quantitative estimate of drug-likeness (QED) is 0.800. The van der Waals surface area contributed by atoms with E-state index >= 15 is 0 Å². The van der Waals surface area contributed by atoms with Crippen LogP contribution < -0.4 is 10.1 Å². The maximum absolute atomic E-state index is 11.4. The Balaban J connectivity index is 1.99. The van der Waals surface area contributed by atoms with Gasteiger partial charge in [-0.25, -0.2) is 0 Å². The van der Waals surface area contributed by atoms with Crippen LogP contribution in [0.25, 0.3) is 0 Å². The van der Waals surface area contributed by atoms with E-state index in [1.165, 1.54) is 11.1 Å². The SMILES string of the molecule is CCOC(=O)CNC(CC)c1ccc2c(c1)CCO2. The first kappa shape index (κ1) is 13.9. The first-order chi connectivity index (χ1) is 9.24. The molecule has 0 bridgehead atoms. The molecule has 4 heteroatoms. The van der Waals surface area contributed by atoms with E-state index in [1.54, 1.807) is 0 Å². The summed E-state index contributed by atoms with van der Waals surface area (Å²) in [6.45, 7) is 5.36. The fraction of sp³-hybridized carbons (Fsp3) is 0.533. The van der Waals surface area contributed by atoms with Gasteiger partial charge in [0.1, 0.15) is 5.75 Å². The predicted octanol–water partition coefficient (Wildman–Crippen LogP) is 2.23. The molecule has 0 fully saturated rings. The second kappa shape index (κ2) is 6.57. The number of hydrogen-bond acceptors (Lipinski definition) is 4. The van der Waals surface area contributed by atoms with Gasteiger partial charge >= 0.3 is 5.97 Å². The van der Waals surface area contributed by atoms with E-state index < -0.39 is 0 Å². The van der Waals surface area contributed by atoms with Gasteiger partial charge in [0.2, 0.25) is 0 Å². The van der Waals surface area contributed by atoms with E-state index in [9.17, 15) is 4.79 Å². The van der Waals surface area contributed by atoms with Crippen LogP contribution in [-0.4, -0.2) is 25.7 Å². The number of ether oxygens (including phenoxy) is 2. The third-order valence-electron chi connectivity index (χ3n) is 3.32. The van der Waals surface area contributed by atoms with Gasteiger partial charge < -0.3 is 14.8 Å². The van der Waals surface area contributed by atoms with Crippen molar-refractivity contribution in [3.05, 3.63) is 29.3 Å². The number of esters is 1. The maximum atomic E-state index is 11.4. The summed E-state index contributed by atoms with van der Waals surface area (Å²) in [6.07, 6.45) is 1.90. The van der Waals surface area contributed by atoms with E-state index in [0.717, 1.165) is 25.2 Å². The molecule has 0 aliphatic carbocycles. The molecule has 0 aromatic heterocycles. The van der Waals surface area contributed by atoms with E-state index in [1.807, 2.05) is 13.0 Å². The zero-order valence-electron chi connectivity index (χ0n) is 11.6. The van der Waals surface area contributed by atoms with Crippen LogP contribution in [0.15, 0.2) is 18.2 Å². The van der Waals surface area contributed by atoms with Crippen LogP contribution in [0.1, 0.15) is 37.4 Å². The van der Waals surface area contributed by atoms with Gasteiger partial charge in [-0.15, -0.1) is 0 Å². The van der Waals surface area contributed by atoms with Crippen LogP contribution >= 0.6 is 0 Å². The Morgan fingerprint density at radius 1 is 1.47 bits per heavy atom. The van der Waals surface area contributed by atoms with Gasteiger partial charge in [0.15, 0.2) is 0 Å². The number of carbonyl (C=O) groups excluding carboxylic acids is 1. The lowest BCUT2D eigenvalue weighted by Crippen LogP contribution is -2.28. The second-order valence-corrected chi connectivity index (χ2v) is 4.61. The molecule has 1 aliphatic heterocycles. The van der Waals surface area contributed by atoms with Crippen LogP contribution in [0.2, 0.25) is 0 Å². The molecule has 2 rings (SSSR count). The van der Waals surface area contributed by atoms with E-state index in [4.69, 9.17) is 9.47 Å². The van der Waals surface area contributed by atoms with Crippen LogP contribution in [0.4, 0.5) is 0 Å². The lowest BCUT2D eigenvalue weighted by Gasteiger charge is -2.17. The summed E-state index contributed by atoms with van der Waals surface area (Å²) < 4.78 is 10.4. The van der Waals surface area contributed by atoms with E-state index in [2.05, 4.69) is 24.4 Å². The van der Waals surface area contributed by atoms with Crippen molar-refractivity contribution in [2.45, 2.75) is 32.7 Å². The number of nitrogens with one attached hydrogen (secondary N) is 1. The Hall–Kier alpha value is -1.55. The standard InChI is InChI=1S/C15H21NO3/c1-3-13(16-10-15(17)18-4-2)11-5-6-14-12(9-11)7-8-19-14/h5-6,9,13,16H,3-4,7-8,10H2,1-2H3. The highest BCUT2D eigenvalue weighted by Gasteiger charge is 2.16. The summed E-state index contributed by atoms with van der Waals surface area (Å²) in [7, 11) is 0. The third kappa shape index (κ3) is 3.47. The van der Waals surface area contributed by atoms with Crippen molar-refractivity contribution < 1.29 is 14.3 Å². The van der Waals surface area contributed by atoms with Gasteiger partial charge in [0.25, 0.3) is 0 Å². The fourth-order valence-electron chi connectivity index (χ4n) is 2.34. The van der Waals surface area contributed by atoms with Gasteiger partial charge in [-0.1, -0.05) is 19.1 Å². The minimum absolute atomic E-state index is 0.176. The zero-order chi connectivity index (χ0) is 13.7. The van der Waals surface area contributed by atoms with Crippen molar-refractivity contribution in [1.82, 2.24) is 5.32 Å². The molecule has 104 valence electrons. The summed E-state index contributed by atoms with van der Waals surface area (Å²) in [5, 5.41) is 3.25. The Morgan fingerprint density at radius 3 is 3.05 bits per heavy atom. The molecule has 1 heterocycles. The number of benzene rings is 1. The zero-order valence-corrected chi connectivity index (χ0v) is 11.6. The minimum Gasteiger partial charge on any atom is -0.493 e. The molecule has 1 unspecified atom stereocenters. The average Bonchev–Trinajstić information content (AvgIpc) is 2.87. The second-order valence-electron chi connectivity index (χ2n) is 4.61. The molecular formula is C15H21NO3. The number of rotatable bonds is 6. The minimum atomic E-state index is -0.203. The molecule has 4 nitrogen and oxygen atoms in total. The average molecular weight is 263 g/mol. The monoisotopic (exact) mass is 263 g/mol. The summed E-state index contributed by atoms with van der Waals surface area (Å²) >= 11 is 0. The molecule has 1 atom stereocenters. The van der Waals surface area contributed by atoms with Gasteiger partial charge in [-0.2, -0.15) is 0 Å². The Labute approximate surface area is 114 Å². The Kier molecular flexibility index (Phi) is 4.80. The van der Waals surface area contributed by atoms with E-state index in [0.29, 0.717) is 6.61 Å². The summed E-state index contributed by atoms with van der Waals surface area (Å²) in [5.41, 5.74) is 2.46. The topological polar surface area (TPSA) is 47.6 Å². The molecule has 19 heavy (non-hydrogen) atoms. The third-order valence-corrected chi connectivity index (χ3v) is 3.32. The lowest BCUT2D eigenvalue weighted by atomic mass is 10.0. The highest BCUT2D eigenvalue weighted by Crippen LogP contribution is 2.28. The fourth-order valence-corrected chi connectivity index (χ4v) is 2.34. The smallest absolute Gasteiger partial charge is 0.319 e. The van der Waals surface area contributed by atoms with Crippen molar-refractivity contribution >= 4 is 5.97 Å². The summed E-state index contributed by atoms with van der Waals surface area (Å²) in [5.74, 6) is 0.787. The molecule has 0 radical (unpaired) electrons. The molecule has 1 aliphatic rings. The number of fused-ring (bicyclic) bond motifs is 1. The molecule has 1 N–H and O–H groups in total. The van der Waals surface area contributed by atoms with Crippen molar-refractivity contribution in [3.63, 3.8) is 0 Å². The molecule has 0 saturated heterocycles. The Bertz CT molecular complexity index is 445. The van der Waals surface area contributed by atoms with Crippen molar-refractivity contribution in [1.29, 1.82) is 0 Å². The molecule has 1 aromatic carbocycles. The largest absolute Gasteiger partial charge is 0.493 e. The first-order valence-corrected chi connectivity index (χ1v) is 6.89. The highest BCUT2D eigenvalue weighted by molar-refractivity contribution is 5.71. The van der Waals surface area contributed by atoms with Gasteiger partial charge in [0.05, 0.1) is 19.8 Å². The van der Waals surface area contributed by atoms with Gasteiger partial charge in [0, 0.05) is 12.5 Å². The van der Waals surface area contributed by atoms with Crippen molar-refractivity contribution in [3.8, 4) is 5.75 Å². The van der Waals surface area contributed by atoms with E-state index in [-0.39, 0.29) is 18.6 Å². The predicted molar refractivity (Wildman–Crippen MR) is 73.3 cm³/mol. The van der Waals surface area contributed by atoms with Crippen LogP contribution in [0, 0.1) is 0 Å². The maximum Gasteiger partial charge on any atom is 0.319 e. The molecular weight excluding hydrogens is 242 g/mol. The molecule has 1 aromatic rings. The number of hydrogen-bond donors (Lipinski definition) is 1. The van der Waals surface area contributed by atoms with Gasteiger partial charge in [-0.3, -0.25) is 4.79 Å². The van der Waals surface area contributed by atoms with Gasteiger partial charge in [-0.05, 0) is 30.5 Å². The Morgan fingerprint density at radius 2 is 2.32 bits per heavy atom. The number of carbonyl (C=O) groups is 1. The van der Waals surface area contributed by atoms with Crippen molar-refractivity contribution in [2.75, 3.05) is 19.8 Å². The highest BCUT2D eigenvalue weighted by atomic mass is 16.5. The van der Waals surface area contributed by atoms with Crippen LogP contribution in [0.5, 0.6) is 5.75 Å². The van der Waals surface area contributed by atoms with Crippen molar-refractivity contribution in [2.24, 2.45) is 0 Å². The van der Waals surface area contributed by atoms with Crippen LogP contribution in [-0.2, 0) is 16.0 Å². The molecule has 0 amide bonds. The first-order valence-electron chi connectivity index (χ1n) is 6.89. The summed E-state index contributed by atoms with van der Waals surface area (Å²) in [4.78, 5) is 11.4. The lowest BCUT2D eigenvalue weighted by molar-refractivity contribution is -0.142.